The molecule has 5 N–H and O–H groups in total. The van der Waals surface area contributed by atoms with Crippen LogP contribution in [0.4, 0.5) is 11.4 Å². The van der Waals surface area contributed by atoms with Crippen LogP contribution in [0.25, 0.3) is 0 Å². The van der Waals surface area contributed by atoms with Crippen LogP contribution in [0.1, 0.15) is 32.1 Å². The summed E-state index contributed by atoms with van der Waals surface area (Å²) in [6.45, 7) is 0.845. The van der Waals surface area contributed by atoms with E-state index in [9.17, 15) is 5.11 Å². The second-order valence-corrected chi connectivity index (χ2v) is 5.96. The predicted octanol–water partition coefficient (Wildman–Crippen LogP) is 1.86. The van der Waals surface area contributed by atoms with Crippen molar-refractivity contribution in [2.45, 2.75) is 44.2 Å². The van der Waals surface area contributed by atoms with E-state index in [0.29, 0.717) is 29.7 Å². The second kappa shape index (κ2) is 7.52. The average Bonchev–Trinajstić information content (AvgIpc) is 2.49. The zero-order valence-electron chi connectivity index (χ0n) is 12.8. The van der Waals surface area contributed by atoms with Gasteiger partial charge in [0, 0.05) is 12.6 Å². The molecule has 1 fully saturated rings. The normalized spacial score (nSPS) is 17.9. The summed E-state index contributed by atoms with van der Waals surface area (Å²) < 4.78 is 5.59. The molecule has 1 saturated carbocycles. The SMILES string of the molecule is CN(CC(O)COc1cccc(N)c1N)C1CCCCC1. The minimum Gasteiger partial charge on any atom is -0.489 e. The smallest absolute Gasteiger partial charge is 0.144 e. The van der Waals surface area contributed by atoms with Crippen LogP contribution in [0.3, 0.4) is 0 Å². The highest BCUT2D eigenvalue weighted by molar-refractivity contribution is 5.70. The van der Waals surface area contributed by atoms with Crippen LogP contribution in [-0.2, 0) is 0 Å². The number of hydrogen-bond acceptors (Lipinski definition) is 5. The van der Waals surface area contributed by atoms with Crippen LogP contribution in [0.15, 0.2) is 18.2 Å². The number of para-hydroxylation sites is 1. The number of rotatable bonds is 6. The Morgan fingerprint density at radius 1 is 1.29 bits per heavy atom. The summed E-state index contributed by atoms with van der Waals surface area (Å²) in [4.78, 5) is 2.25. The molecule has 1 atom stereocenters. The molecular formula is C16H27N3O2. The van der Waals surface area contributed by atoms with Crippen molar-refractivity contribution in [1.82, 2.24) is 4.90 Å². The van der Waals surface area contributed by atoms with Gasteiger partial charge in [-0.15, -0.1) is 0 Å². The third-order valence-electron chi connectivity index (χ3n) is 4.23. The number of likely N-dealkylation sites (N-methyl/N-ethyl adjacent to an activating group) is 1. The quantitative estimate of drug-likeness (QED) is 0.697. The molecule has 0 amide bonds. The van der Waals surface area contributed by atoms with Gasteiger partial charge in [-0.3, -0.25) is 0 Å². The van der Waals surface area contributed by atoms with Gasteiger partial charge in [-0.2, -0.15) is 0 Å². The van der Waals surface area contributed by atoms with Gasteiger partial charge in [-0.25, -0.2) is 0 Å². The van der Waals surface area contributed by atoms with E-state index in [1.54, 1.807) is 18.2 Å². The van der Waals surface area contributed by atoms with Crippen LogP contribution in [0, 0.1) is 0 Å². The molecule has 21 heavy (non-hydrogen) atoms. The van der Waals surface area contributed by atoms with Gasteiger partial charge >= 0.3 is 0 Å². The highest BCUT2D eigenvalue weighted by Gasteiger charge is 2.20. The van der Waals surface area contributed by atoms with E-state index in [-0.39, 0.29) is 6.61 Å². The zero-order chi connectivity index (χ0) is 15.2. The molecule has 0 bridgehead atoms. The third-order valence-corrected chi connectivity index (χ3v) is 4.23. The van der Waals surface area contributed by atoms with Crippen molar-refractivity contribution in [2.75, 3.05) is 31.7 Å². The lowest BCUT2D eigenvalue weighted by Gasteiger charge is -2.32. The molecule has 5 heteroatoms. The fourth-order valence-corrected chi connectivity index (χ4v) is 2.93. The van der Waals surface area contributed by atoms with Crippen molar-refractivity contribution in [3.63, 3.8) is 0 Å². The number of nitrogens with zero attached hydrogens (tertiary/aromatic N) is 1. The molecule has 118 valence electrons. The lowest BCUT2D eigenvalue weighted by atomic mass is 9.94. The summed E-state index contributed by atoms with van der Waals surface area (Å²) >= 11 is 0. The molecule has 0 spiro atoms. The first-order valence-corrected chi connectivity index (χ1v) is 7.73. The Bertz CT molecular complexity index is 447. The molecule has 1 aromatic rings. The molecule has 0 aromatic heterocycles. The van der Waals surface area contributed by atoms with E-state index < -0.39 is 6.10 Å². The minimum atomic E-state index is -0.530. The van der Waals surface area contributed by atoms with Crippen LogP contribution in [-0.4, -0.2) is 42.4 Å². The van der Waals surface area contributed by atoms with Gasteiger partial charge in [0.25, 0.3) is 0 Å². The van der Waals surface area contributed by atoms with Gasteiger partial charge in [0.1, 0.15) is 18.5 Å². The monoisotopic (exact) mass is 293 g/mol. The minimum absolute atomic E-state index is 0.227. The molecule has 1 aromatic carbocycles. The van der Waals surface area contributed by atoms with E-state index in [1.807, 2.05) is 0 Å². The molecule has 0 saturated heterocycles. The van der Waals surface area contributed by atoms with Crippen molar-refractivity contribution >= 4 is 11.4 Å². The Balaban J connectivity index is 1.78. The van der Waals surface area contributed by atoms with E-state index in [1.165, 1.54) is 32.1 Å². The summed E-state index contributed by atoms with van der Waals surface area (Å²) in [7, 11) is 2.08. The number of hydrogen-bond donors (Lipinski definition) is 3. The first-order valence-electron chi connectivity index (χ1n) is 7.73. The molecule has 0 aliphatic heterocycles. The first kappa shape index (κ1) is 15.9. The molecule has 1 aliphatic rings. The van der Waals surface area contributed by atoms with Crippen molar-refractivity contribution in [2.24, 2.45) is 0 Å². The summed E-state index contributed by atoms with van der Waals surface area (Å²) in [6, 6.07) is 5.88. The van der Waals surface area contributed by atoms with E-state index in [2.05, 4.69) is 11.9 Å². The highest BCUT2D eigenvalue weighted by atomic mass is 16.5. The highest BCUT2D eigenvalue weighted by Crippen LogP contribution is 2.27. The van der Waals surface area contributed by atoms with E-state index >= 15 is 0 Å². The zero-order valence-corrected chi connectivity index (χ0v) is 12.8. The van der Waals surface area contributed by atoms with Gasteiger partial charge < -0.3 is 26.2 Å². The summed E-state index contributed by atoms with van der Waals surface area (Å²) in [5, 5.41) is 10.1. The lowest BCUT2D eigenvalue weighted by Crippen LogP contribution is -2.40. The maximum atomic E-state index is 10.1. The number of benzene rings is 1. The standard InChI is InChI=1S/C16H27N3O2/c1-19(12-6-3-2-4-7-12)10-13(20)11-21-15-9-5-8-14(17)16(15)18/h5,8-9,12-13,20H,2-4,6-7,10-11,17-18H2,1H3. The average molecular weight is 293 g/mol. The maximum Gasteiger partial charge on any atom is 0.144 e. The van der Waals surface area contributed by atoms with Crippen molar-refractivity contribution < 1.29 is 9.84 Å². The maximum absolute atomic E-state index is 10.1. The third kappa shape index (κ3) is 4.51. The summed E-state index contributed by atoms with van der Waals surface area (Å²) in [5.74, 6) is 0.536. The van der Waals surface area contributed by atoms with Crippen LogP contribution >= 0.6 is 0 Å². The van der Waals surface area contributed by atoms with Crippen LogP contribution < -0.4 is 16.2 Å². The van der Waals surface area contributed by atoms with E-state index in [0.717, 1.165) is 0 Å². The van der Waals surface area contributed by atoms with Gasteiger partial charge in [-0.1, -0.05) is 25.3 Å². The Morgan fingerprint density at radius 2 is 2.00 bits per heavy atom. The van der Waals surface area contributed by atoms with Crippen molar-refractivity contribution in [3.05, 3.63) is 18.2 Å². The molecule has 1 aliphatic carbocycles. The Kier molecular flexibility index (Phi) is 5.70. The Hall–Kier alpha value is -1.46. The van der Waals surface area contributed by atoms with Gasteiger partial charge in [0.15, 0.2) is 0 Å². The first-order chi connectivity index (χ1) is 10.1. The molecule has 1 unspecified atom stereocenters. The van der Waals surface area contributed by atoms with Crippen molar-refractivity contribution in [1.29, 1.82) is 0 Å². The van der Waals surface area contributed by atoms with E-state index in [4.69, 9.17) is 16.2 Å². The second-order valence-electron chi connectivity index (χ2n) is 5.96. The lowest BCUT2D eigenvalue weighted by molar-refractivity contribution is 0.0564. The molecule has 2 rings (SSSR count). The predicted molar refractivity (Wildman–Crippen MR) is 86.3 cm³/mol. The van der Waals surface area contributed by atoms with Gasteiger partial charge in [-0.05, 0) is 32.0 Å². The largest absolute Gasteiger partial charge is 0.489 e. The molecule has 5 nitrogen and oxygen atoms in total. The number of anilines is 2. The van der Waals surface area contributed by atoms with Crippen molar-refractivity contribution in [3.8, 4) is 5.75 Å². The number of nitrogens with two attached hydrogens (primary N) is 2. The molecular weight excluding hydrogens is 266 g/mol. The number of ether oxygens (including phenoxy) is 1. The van der Waals surface area contributed by atoms with Crippen LogP contribution in [0.5, 0.6) is 5.75 Å². The van der Waals surface area contributed by atoms with Crippen LogP contribution in [0.2, 0.25) is 0 Å². The topological polar surface area (TPSA) is 84.7 Å². The fourth-order valence-electron chi connectivity index (χ4n) is 2.93. The summed E-state index contributed by atoms with van der Waals surface area (Å²) in [5.41, 5.74) is 12.5. The Morgan fingerprint density at radius 3 is 2.71 bits per heavy atom. The molecule has 0 heterocycles. The molecule has 0 radical (unpaired) electrons. The number of nitrogen functional groups attached to an aromatic ring is 2. The van der Waals surface area contributed by atoms with Gasteiger partial charge in [0.2, 0.25) is 0 Å². The fraction of sp³-hybridized carbons (Fsp3) is 0.625. The number of aliphatic hydroxyl groups excluding tert-OH is 1. The summed E-state index contributed by atoms with van der Waals surface area (Å²) in [6.07, 6.45) is 5.85. The Labute approximate surface area is 126 Å². The number of aliphatic hydroxyl groups is 1. The van der Waals surface area contributed by atoms with Gasteiger partial charge in [0.05, 0.1) is 11.4 Å².